The Hall–Kier alpha value is -0.146. The van der Waals surface area contributed by atoms with Crippen LogP contribution in [0.15, 0.2) is 72.8 Å². The molecule has 0 aliphatic carbocycles. The topological polar surface area (TPSA) is 0 Å². The fourth-order valence-corrected chi connectivity index (χ4v) is 60.5. The Morgan fingerprint density at radius 3 is 1.11 bits per heavy atom. The Bertz CT molecular complexity index is 857. The Morgan fingerprint density at radius 2 is 0.857 bits per heavy atom. The summed E-state index contributed by atoms with van der Waals surface area (Å²) in [6, 6.07) is 16.9. The van der Waals surface area contributed by atoms with Crippen molar-refractivity contribution in [1.29, 1.82) is 0 Å². The molecule has 0 amide bonds. The first kappa shape index (κ1) is 31.1. The summed E-state index contributed by atoms with van der Waals surface area (Å²) in [6.45, 7) is 19.2. The van der Waals surface area contributed by atoms with Gasteiger partial charge in [-0.3, -0.25) is 0 Å². The Morgan fingerprint density at radius 1 is 0.571 bits per heavy atom. The van der Waals surface area contributed by atoms with Crippen molar-refractivity contribution in [3.05, 3.63) is 83.9 Å². The van der Waals surface area contributed by atoms with E-state index in [4.69, 9.17) is 20.4 Å². The molecule has 0 saturated heterocycles. The van der Waals surface area contributed by atoms with Gasteiger partial charge in [0.05, 0.1) is 0 Å². The maximum absolute atomic E-state index is 8.04. The molecule has 2 aromatic rings. The van der Waals surface area contributed by atoms with Crippen molar-refractivity contribution in [3.8, 4) is 0 Å². The predicted molar refractivity (Wildman–Crippen MR) is 170 cm³/mol. The maximum atomic E-state index is 8.04. The fraction of sp³-hybridized carbons (Fsp3) is 0.467. The van der Waals surface area contributed by atoms with Gasteiger partial charge in [0, 0.05) is 0 Å². The van der Waals surface area contributed by atoms with E-state index in [1.807, 2.05) is 0 Å². The fourth-order valence-electron chi connectivity index (χ4n) is 5.49. The van der Waals surface area contributed by atoms with Crippen LogP contribution in [0.1, 0.15) is 66.5 Å². The standard InChI is InChI=1S/2C15H23P.2ClH.Ni/c2*1-13(2)16(14(3)4)12-8-11-15-9-6-5-7-10-15;;;/h2*5-11,13-14H,12H2,1-4H3;2*1H;/b2*11-8+;;;. The minimum absolute atomic E-state index is 0.514. The van der Waals surface area contributed by atoms with Crippen molar-refractivity contribution in [3.63, 3.8) is 0 Å². The van der Waals surface area contributed by atoms with E-state index in [-0.39, 0.29) is 0 Å². The normalized spacial score (nSPS) is 15.3. The van der Waals surface area contributed by atoms with Crippen molar-refractivity contribution < 1.29 is 9.74 Å². The van der Waals surface area contributed by atoms with E-state index in [1.165, 1.54) is 11.1 Å². The molecule has 0 spiro atoms. The van der Waals surface area contributed by atoms with E-state index in [0.29, 0.717) is 22.6 Å². The van der Waals surface area contributed by atoms with Crippen molar-refractivity contribution in [2.24, 2.45) is 0 Å². The van der Waals surface area contributed by atoms with Crippen LogP contribution in [0.25, 0.3) is 12.2 Å². The van der Waals surface area contributed by atoms with Gasteiger partial charge in [-0.2, -0.15) is 0 Å². The van der Waals surface area contributed by atoms with Gasteiger partial charge in [-0.05, 0) is 0 Å². The van der Waals surface area contributed by atoms with E-state index >= 15 is 0 Å². The van der Waals surface area contributed by atoms with Crippen LogP contribution in [0.3, 0.4) is 0 Å². The van der Waals surface area contributed by atoms with Gasteiger partial charge in [-0.25, -0.2) is 0 Å². The molecule has 0 aliphatic heterocycles. The average molecular weight is 600 g/mol. The number of hydrogen-bond donors (Lipinski definition) is 0. The van der Waals surface area contributed by atoms with Gasteiger partial charge in [-0.1, -0.05) is 0 Å². The molecular formula is C30H48Cl2NiP2. The third kappa shape index (κ3) is 6.65. The summed E-state index contributed by atoms with van der Waals surface area (Å²) in [5.41, 5.74) is 4.55. The van der Waals surface area contributed by atoms with Crippen LogP contribution >= 0.6 is 32.5 Å². The molecule has 0 atom stereocenters. The molecule has 0 bridgehead atoms. The monoisotopic (exact) mass is 598 g/mol. The molecule has 0 unspecified atom stereocenters. The van der Waals surface area contributed by atoms with E-state index in [2.05, 4.69) is 140 Å². The zero-order valence-corrected chi connectivity index (χ0v) is 27.4. The van der Waals surface area contributed by atoms with Gasteiger partial charge in [-0.15, -0.1) is 0 Å². The van der Waals surface area contributed by atoms with Crippen molar-refractivity contribution >= 4 is 44.6 Å². The molecule has 0 nitrogen and oxygen atoms in total. The van der Waals surface area contributed by atoms with Crippen LogP contribution in [0, 0.1) is 0 Å². The number of hydrogen-bond acceptors (Lipinski definition) is 0. The molecule has 0 N–H and O–H groups in total. The Kier molecular flexibility index (Phi) is 12.1. The summed E-state index contributed by atoms with van der Waals surface area (Å²) in [5.74, 6) is 0. The molecule has 0 radical (unpaired) electrons. The van der Waals surface area contributed by atoms with E-state index in [1.54, 1.807) is 0 Å². The van der Waals surface area contributed by atoms with Crippen molar-refractivity contribution in [2.75, 3.05) is 12.3 Å². The first-order valence-corrected chi connectivity index (χ1v) is 23.0. The molecule has 0 heterocycles. The first-order valence-electron chi connectivity index (χ1n) is 12.9. The third-order valence-corrected chi connectivity index (χ3v) is 51.3. The molecule has 0 fully saturated rings. The van der Waals surface area contributed by atoms with Gasteiger partial charge >= 0.3 is 229 Å². The van der Waals surface area contributed by atoms with Crippen LogP contribution < -0.4 is 0 Å². The predicted octanol–water partition coefficient (Wildman–Crippen LogP) is 10.8. The summed E-state index contributed by atoms with van der Waals surface area (Å²) >= 11 is 0. The molecule has 0 aliphatic rings. The summed E-state index contributed by atoms with van der Waals surface area (Å²) < 4.78 is 0. The van der Waals surface area contributed by atoms with Gasteiger partial charge in [0.2, 0.25) is 0 Å². The number of benzene rings is 2. The summed E-state index contributed by atoms with van der Waals surface area (Å²) in [5, 5.41) is 0. The van der Waals surface area contributed by atoms with Crippen molar-refractivity contribution in [2.45, 2.75) is 78.0 Å². The summed E-state index contributed by atoms with van der Waals surface area (Å²) in [4.78, 5) is 0. The molecule has 35 heavy (non-hydrogen) atoms. The van der Waals surface area contributed by atoms with Crippen LogP contribution in [0.2, 0.25) is 0 Å². The van der Waals surface area contributed by atoms with Gasteiger partial charge < -0.3 is 0 Å². The second-order valence-corrected chi connectivity index (χ2v) is 38.3. The zero-order chi connectivity index (χ0) is 26.3. The van der Waals surface area contributed by atoms with Gasteiger partial charge in [0.1, 0.15) is 0 Å². The number of halogens is 2. The van der Waals surface area contributed by atoms with E-state index in [9.17, 15) is 0 Å². The zero-order valence-electron chi connectivity index (χ0n) is 22.9. The molecule has 202 valence electrons. The van der Waals surface area contributed by atoms with Crippen molar-refractivity contribution in [1.82, 2.24) is 0 Å². The molecule has 2 aromatic carbocycles. The van der Waals surface area contributed by atoms with Crippen LogP contribution in [0.5, 0.6) is 0 Å². The molecular weight excluding hydrogens is 552 g/mol. The summed E-state index contributed by atoms with van der Waals surface area (Å²) in [6.07, 6.45) is 11.4. The van der Waals surface area contributed by atoms with Crippen LogP contribution in [-0.2, 0) is 9.74 Å². The van der Waals surface area contributed by atoms with Crippen LogP contribution in [0.4, 0.5) is 0 Å². The number of allylic oxidation sites excluding steroid dienone is 2. The second-order valence-electron chi connectivity index (χ2n) is 10.8. The molecule has 0 saturated carbocycles. The van der Waals surface area contributed by atoms with E-state index < -0.39 is 21.8 Å². The first-order chi connectivity index (χ1) is 16.4. The molecule has 5 heteroatoms. The average Bonchev–Trinajstić information content (AvgIpc) is 2.79. The number of rotatable bonds is 12. The van der Waals surface area contributed by atoms with E-state index in [0.717, 1.165) is 12.3 Å². The minimum atomic E-state index is -2.16. The Balaban J connectivity index is 2.59. The van der Waals surface area contributed by atoms with Crippen LogP contribution in [-0.4, -0.2) is 35.0 Å². The summed E-state index contributed by atoms with van der Waals surface area (Å²) in [7, 11) is 14.1. The molecule has 2 rings (SSSR count). The molecule has 0 aromatic heterocycles. The van der Waals surface area contributed by atoms with Gasteiger partial charge in [0.15, 0.2) is 0 Å². The Labute approximate surface area is 227 Å². The second kappa shape index (κ2) is 13.6. The SMILES string of the molecule is CC(C)[PH](C/C=C/c1ccccc1)(C(C)C)[Ni]([Cl])([Cl])[PH](C/C=C/c1ccccc1)(C(C)C)C(C)C. The third-order valence-electron chi connectivity index (χ3n) is 7.49. The van der Waals surface area contributed by atoms with Gasteiger partial charge in [0.25, 0.3) is 0 Å². The quantitative estimate of drug-likeness (QED) is 0.168.